The summed E-state index contributed by atoms with van der Waals surface area (Å²) in [5.74, 6) is -0.0155. The highest BCUT2D eigenvalue weighted by Gasteiger charge is 2.27. The predicted octanol–water partition coefficient (Wildman–Crippen LogP) is 1.61. The van der Waals surface area contributed by atoms with Crippen LogP contribution in [0.4, 0.5) is 0 Å². The molecule has 1 saturated heterocycles. The van der Waals surface area contributed by atoms with Crippen LogP contribution in [0.1, 0.15) is 48.5 Å². The molecular formula is C13H22N4OS. The summed E-state index contributed by atoms with van der Waals surface area (Å²) in [7, 11) is 0. The van der Waals surface area contributed by atoms with Crippen molar-refractivity contribution in [2.75, 3.05) is 19.6 Å². The second-order valence-corrected chi connectivity index (χ2v) is 6.30. The molecule has 6 heteroatoms. The van der Waals surface area contributed by atoms with Crippen molar-refractivity contribution in [3.8, 4) is 0 Å². The second kappa shape index (κ2) is 6.43. The normalized spacial score (nSPS) is 18.2. The van der Waals surface area contributed by atoms with Crippen LogP contribution in [-0.2, 0) is 6.42 Å². The Morgan fingerprint density at radius 3 is 2.89 bits per heavy atom. The number of rotatable bonds is 5. The minimum atomic E-state index is -0.0155. The Labute approximate surface area is 118 Å². The summed E-state index contributed by atoms with van der Waals surface area (Å²) in [6.45, 7) is 7.13. The number of hydrogen-bond acceptors (Lipinski definition) is 5. The van der Waals surface area contributed by atoms with E-state index < -0.39 is 0 Å². The molecule has 0 atom stereocenters. The topological polar surface area (TPSA) is 66.9 Å². The minimum absolute atomic E-state index is 0.0155. The van der Waals surface area contributed by atoms with E-state index in [9.17, 15) is 4.79 Å². The lowest BCUT2D eigenvalue weighted by Gasteiger charge is -2.34. The molecule has 2 N–H and O–H groups in total. The molecule has 0 aliphatic carbocycles. The van der Waals surface area contributed by atoms with Crippen LogP contribution in [0.15, 0.2) is 0 Å². The van der Waals surface area contributed by atoms with E-state index in [1.54, 1.807) is 0 Å². The largest absolute Gasteiger partial charge is 0.351 e. The first-order valence-corrected chi connectivity index (χ1v) is 7.72. The predicted molar refractivity (Wildman–Crippen MR) is 76.4 cm³/mol. The summed E-state index contributed by atoms with van der Waals surface area (Å²) >= 11 is 1.20. The molecule has 1 aliphatic rings. The molecule has 1 aromatic heterocycles. The second-order valence-electron chi connectivity index (χ2n) is 5.54. The Hall–Kier alpha value is -1.01. The molecular weight excluding hydrogens is 260 g/mol. The van der Waals surface area contributed by atoms with Crippen LogP contribution in [0.2, 0.25) is 0 Å². The van der Waals surface area contributed by atoms with Gasteiger partial charge in [0.05, 0.1) is 5.69 Å². The van der Waals surface area contributed by atoms with Gasteiger partial charge in [0.15, 0.2) is 0 Å². The fourth-order valence-corrected chi connectivity index (χ4v) is 2.99. The fraction of sp³-hybridized carbons (Fsp3) is 0.769. The summed E-state index contributed by atoms with van der Waals surface area (Å²) in [4.78, 5) is 12.9. The van der Waals surface area contributed by atoms with Crippen molar-refractivity contribution in [2.24, 2.45) is 5.41 Å². The summed E-state index contributed by atoms with van der Waals surface area (Å²) < 4.78 is 3.89. The molecule has 0 spiro atoms. The molecule has 0 bridgehead atoms. The van der Waals surface area contributed by atoms with Gasteiger partial charge in [-0.2, -0.15) is 0 Å². The number of carbonyl (C=O) groups excluding carboxylic acids is 1. The van der Waals surface area contributed by atoms with Gasteiger partial charge in [-0.1, -0.05) is 24.8 Å². The van der Waals surface area contributed by atoms with E-state index >= 15 is 0 Å². The zero-order valence-corrected chi connectivity index (χ0v) is 12.5. The highest BCUT2D eigenvalue weighted by atomic mass is 32.1. The standard InChI is InChI=1S/C13H22N4OS/c1-3-4-10-11(19-17-16-10)12(18)15-9-13(2)5-7-14-8-6-13/h14H,3-9H2,1-2H3,(H,15,18). The summed E-state index contributed by atoms with van der Waals surface area (Å²) in [6.07, 6.45) is 4.02. The quantitative estimate of drug-likeness (QED) is 0.861. The van der Waals surface area contributed by atoms with E-state index in [0.29, 0.717) is 4.88 Å². The molecule has 0 radical (unpaired) electrons. The summed E-state index contributed by atoms with van der Waals surface area (Å²) in [6, 6.07) is 0. The third kappa shape index (κ3) is 3.73. The molecule has 2 rings (SSSR count). The van der Waals surface area contributed by atoms with E-state index in [2.05, 4.69) is 34.1 Å². The Morgan fingerprint density at radius 2 is 2.21 bits per heavy atom. The highest BCUT2D eigenvalue weighted by Crippen LogP contribution is 2.27. The van der Waals surface area contributed by atoms with Gasteiger partial charge in [-0.15, -0.1) is 5.10 Å². The molecule has 5 nitrogen and oxygen atoms in total. The van der Waals surface area contributed by atoms with Gasteiger partial charge in [-0.05, 0) is 49.3 Å². The number of aromatic nitrogens is 2. The van der Waals surface area contributed by atoms with Crippen molar-refractivity contribution < 1.29 is 4.79 Å². The van der Waals surface area contributed by atoms with E-state index in [-0.39, 0.29) is 11.3 Å². The smallest absolute Gasteiger partial charge is 0.264 e. The van der Waals surface area contributed by atoms with E-state index in [4.69, 9.17) is 0 Å². The number of carbonyl (C=O) groups is 1. The number of nitrogens with zero attached hydrogens (tertiary/aromatic N) is 2. The number of aryl methyl sites for hydroxylation is 1. The number of piperidine rings is 1. The van der Waals surface area contributed by atoms with Gasteiger partial charge in [0.25, 0.3) is 5.91 Å². The van der Waals surface area contributed by atoms with Crippen LogP contribution in [-0.4, -0.2) is 35.1 Å². The Morgan fingerprint density at radius 1 is 1.47 bits per heavy atom. The van der Waals surface area contributed by atoms with Crippen LogP contribution < -0.4 is 10.6 Å². The maximum Gasteiger partial charge on any atom is 0.264 e. The monoisotopic (exact) mass is 282 g/mol. The van der Waals surface area contributed by atoms with Crippen LogP contribution in [0.5, 0.6) is 0 Å². The van der Waals surface area contributed by atoms with E-state index in [1.807, 2.05) is 0 Å². The summed E-state index contributed by atoms with van der Waals surface area (Å²) in [5, 5.41) is 10.4. The molecule has 0 saturated carbocycles. The molecule has 19 heavy (non-hydrogen) atoms. The molecule has 106 valence electrons. The molecule has 1 aliphatic heterocycles. The van der Waals surface area contributed by atoms with Gasteiger partial charge in [0, 0.05) is 6.54 Å². The SMILES string of the molecule is CCCc1nnsc1C(=O)NCC1(C)CCNCC1. The molecule has 2 heterocycles. The fourth-order valence-electron chi connectivity index (χ4n) is 2.36. The van der Waals surface area contributed by atoms with Crippen molar-refractivity contribution >= 4 is 17.4 Å². The molecule has 0 unspecified atom stereocenters. The van der Waals surface area contributed by atoms with Crippen molar-refractivity contribution in [3.63, 3.8) is 0 Å². The van der Waals surface area contributed by atoms with E-state index in [0.717, 1.165) is 51.0 Å². The number of hydrogen-bond donors (Lipinski definition) is 2. The first kappa shape index (κ1) is 14.4. The van der Waals surface area contributed by atoms with Gasteiger partial charge in [0.1, 0.15) is 4.88 Å². The third-order valence-corrected chi connectivity index (χ3v) is 4.50. The molecule has 0 aromatic carbocycles. The first-order valence-electron chi connectivity index (χ1n) is 6.95. The van der Waals surface area contributed by atoms with Crippen molar-refractivity contribution in [1.82, 2.24) is 20.2 Å². The Balaban J connectivity index is 1.91. The maximum atomic E-state index is 12.2. The summed E-state index contributed by atoms with van der Waals surface area (Å²) in [5.41, 5.74) is 1.05. The van der Waals surface area contributed by atoms with Crippen molar-refractivity contribution in [2.45, 2.75) is 39.5 Å². The average molecular weight is 282 g/mol. The zero-order chi connectivity index (χ0) is 13.7. The number of amides is 1. The van der Waals surface area contributed by atoms with Crippen molar-refractivity contribution in [1.29, 1.82) is 0 Å². The van der Waals surface area contributed by atoms with Gasteiger partial charge in [-0.25, -0.2) is 0 Å². The molecule has 1 amide bonds. The zero-order valence-electron chi connectivity index (χ0n) is 11.7. The van der Waals surface area contributed by atoms with Gasteiger partial charge in [0.2, 0.25) is 0 Å². The van der Waals surface area contributed by atoms with Gasteiger partial charge < -0.3 is 10.6 Å². The average Bonchev–Trinajstić information content (AvgIpc) is 2.86. The Bertz CT molecular complexity index is 426. The lowest BCUT2D eigenvalue weighted by molar-refractivity contribution is 0.0925. The van der Waals surface area contributed by atoms with Crippen LogP contribution in [0, 0.1) is 5.41 Å². The van der Waals surface area contributed by atoms with Crippen LogP contribution in [0.25, 0.3) is 0 Å². The first-order chi connectivity index (χ1) is 9.14. The third-order valence-electron chi connectivity index (χ3n) is 3.74. The van der Waals surface area contributed by atoms with Gasteiger partial charge in [-0.3, -0.25) is 4.79 Å². The van der Waals surface area contributed by atoms with Gasteiger partial charge >= 0.3 is 0 Å². The highest BCUT2D eigenvalue weighted by molar-refractivity contribution is 7.08. The lowest BCUT2D eigenvalue weighted by Crippen LogP contribution is -2.42. The van der Waals surface area contributed by atoms with Crippen molar-refractivity contribution in [3.05, 3.63) is 10.6 Å². The van der Waals surface area contributed by atoms with E-state index in [1.165, 1.54) is 11.5 Å². The minimum Gasteiger partial charge on any atom is -0.351 e. The Kier molecular flexibility index (Phi) is 4.87. The van der Waals surface area contributed by atoms with Crippen LogP contribution >= 0.6 is 11.5 Å². The lowest BCUT2D eigenvalue weighted by atomic mass is 9.81. The van der Waals surface area contributed by atoms with Crippen LogP contribution in [0.3, 0.4) is 0 Å². The maximum absolute atomic E-state index is 12.2. The molecule has 1 fully saturated rings. The number of nitrogens with one attached hydrogen (secondary N) is 2. The molecule has 1 aromatic rings.